The van der Waals surface area contributed by atoms with Crippen molar-refractivity contribution in [2.75, 3.05) is 0 Å². The number of hydrogen-bond acceptors (Lipinski definition) is 1. The average Bonchev–Trinajstić information content (AvgIpc) is 3.43. The van der Waals surface area contributed by atoms with Gasteiger partial charge in [0.25, 0.3) is 0 Å². The molecule has 0 bridgehead atoms. The third kappa shape index (κ3) is 3.25. The summed E-state index contributed by atoms with van der Waals surface area (Å²) in [7, 11) is 0. The van der Waals surface area contributed by atoms with Gasteiger partial charge in [-0.25, -0.2) is 0 Å². The molecule has 0 amide bonds. The topological polar surface area (TPSA) is 13.1 Å². The Kier molecular flexibility index (Phi) is 2.10. The fraction of sp³-hybridized carbons (Fsp3) is 0. The Morgan fingerprint density at radius 3 is 1.74 bits per heavy atom. The molecule has 1 heteroatoms. The van der Waals surface area contributed by atoms with Crippen LogP contribution in [0.25, 0.3) is 65.9 Å². The summed E-state index contributed by atoms with van der Waals surface area (Å²) in [5.41, 5.74) is -2.21. The lowest BCUT2D eigenvalue weighted by atomic mass is 9.85. The molecule has 6 aromatic carbocycles. The van der Waals surface area contributed by atoms with Crippen LogP contribution in [0.2, 0.25) is 0 Å². The van der Waals surface area contributed by atoms with Crippen molar-refractivity contribution >= 4 is 32.5 Å². The van der Waals surface area contributed by atoms with Gasteiger partial charge in [-0.15, -0.1) is 0 Å². The SMILES string of the molecule is [2H]c1oc2c([2H])c(-c3c4c([2H])c([2H])c([2H])c([2H])c4c(-c4c([2H])c([2H])c([2H])c(-c5ccccc5)c4[2H])c4c([2H])c([2H])c([2H])c([2H])c34)c([2H])c([2H])c2c1[2H]. The highest BCUT2D eigenvalue weighted by Gasteiger charge is 2.17. The monoisotopic (exact) mass is 463 g/mol. The quantitative estimate of drug-likeness (QED) is 0.238. The van der Waals surface area contributed by atoms with Crippen molar-refractivity contribution in [2.24, 2.45) is 0 Å². The second kappa shape index (κ2) is 8.00. The molecule has 1 heterocycles. The molecule has 0 aliphatic heterocycles. The minimum atomic E-state index is -0.806. The van der Waals surface area contributed by atoms with Crippen LogP contribution in [0, 0.1) is 0 Å². The molecule has 7 rings (SSSR count). The number of rotatable bonds is 3. The van der Waals surface area contributed by atoms with E-state index in [2.05, 4.69) is 0 Å². The van der Waals surface area contributed by atoms with Gasteiger partial charge in [0, 0.05) is 5.39 Å². The lowest BCUT2D eigenvalue weighted by molar-refractivity contribution is 0.616. The predicted molar refractivity (Wildman–Crippen MR) is 148 cm³/mol. The molecular weight excluding hydrogens is 424 g/mol. The van der Waals surface area contributed by atoms with Gasteiger partial charge in [0.05, 0.1) is 28.2 Å². The molecule has 0 radical (unpaired) electrons. The molecule has 0 fully saturated rings. The zero-order valence-electron chi connectivity index (χ0n) is 34.8. The molecule has 0 saturated heterocycles. The van der Waals surface area contributed by atoms with Crippen LogP contribution in [-0.2, 0) is 0 Å². The first kappa shape index (κ1) is 9.20. The van der Waals surface area contributed by atoms with Crippen molar-refractivity contribution in [1.29, 1.82) is 0 Å². The lowest BCUT2D eigenvalue weighted by Crippen LogP contribution is -1.91. The Morgan fingerprint density at radius 1 is 0.486 bits per heavy atom. The molecule has 164 valence electrons. The molecule has 7 aromatic rings. The van der Waals surface area contributed by atoms with E-state index in [0.717, 1.165) is 0 Å². The van der Waals surface area contributed by atoms with Crippen LogP contribution in [0.15, 0.2) is 138 Å². The van der Waals surface area contributed by atoms with E-state index in [1.165, 1.54) is 0 Å². The first-order valence-corrected chi connectivity index (χ1v) is 10.6. The highest BCUT2D eigenvalue weighted by atomic mass is 16.3. The summed E-state index contributed by atoms with van der Waals surface area (Å²) >= 11 is 0. The van der Waals surface area contributed by atoms with Gasteiger partial charge in [-0.2, -0.15) is 0 Å². The fourth-order valence-electron chi connectivity index (χ4n) is 4.15. The van der Waals surface area contributed by atoms with E-state index in [1.54, 1.807) is 30.3 Å². The van der Waals surface area contributed by atoms with E-state index < -0.39 is 152 Å². The smallest absolute Gasteiger partial charge is 0.134 e. The Morgan fingerprint density at radius 2 is 1.09 bits per heavy atom. The van der Waals surface area contributed by atoms with E-state index in [4.69, 9.17) is 26.3 Å². The van der Waals surface area contributed by atoms with E-state index in [1.807, 2.05) is 0 Å². The molecule has 1 aromatic heterocycles. The van der Waals surface area contributed by atoms with Crippen LogP contribution in [-0.4, -0.2) is 0 Å². The van der Waals surface area contributed by atoms with E-state index in [0.29, 0.717) is 5.56 Å². The van der Waals surface area contributed by atoms with Gasteiger partial charge < -0.3 is 4.42 Å². The second-order valence-corrected chi connectivity index (χ2v) is 7.65. The summed E-state index contributed by atoms with van der Waals surface area (Å²) in [6, 6.07) is -3.39. The number of fused-ring (bicyclic) bond motifs is 3. The predicted octanol–water partition coefficient (Wildman–Crippen LogP) is 9.74. The van der Waals surface area contributed by atoms with Gasteiger partial charge in [0.15, 0.2) is 0 Å². The molecule has 0 saturated carbocycles. The highest BCUT2D eigenvalue weighted by molar-refractivity contribution is 6.21. The van der Waals surface area contributed by atoms with Gasteiger partial charge in [0.2, 0.25) is 0 Å². The lowest BCUT2D eigenvalue weighted by Gasteiger charge is -2.18. The van der Waals surface area contributed by atoms with Crippen molar-refractivity contribution in [1.82, 2.24) is 0 Å². The Balaban J connectivity index is 1.88. The van der Waals surface area contributed by atoms with Crippen molar-refractivity contribution < 1.29 is 27.7 Å². The normalized spacial score (nSPS) is 18.2. The minimum Gasteiger partial charge on any atom is -0.464 e. The number of benzene rings is 6. The molecule has 0 aliphatic carbocycles. The first-order chi connectivity index (χ1) is 24.4. The van der Waals surface area contributed by atoms with Crippen LogP contribution in [0.3, 0.4) is 0 Å². The zero-order chi connectivity index (χ0) is 38.0. The molecule has 35 heavy (non-hydrogen) atoms. The maximum atomic E-state index is 9.38. The molecular formula is C34H22O. The third-order valence-electron chi connectivity index (χ3n) is 5.67. The van der Waals surface area contributed by atoms with Crippen LogP contribution in [0.1, 0.15) is 23.3 Å². The van der Waals surface area contributed by atoms with Gasteiger partial charge in [-0.05, 0) is 73.1 Å². The number of hydrogen-bond donors (Lipinski definition) is 0. The summed E-state index contributed by atoms with van der Waals surface area (Å²) in [6.45, 7) is 0. The number of furan rings is 1. The van der Waals surface area contributed by atoms with Crippen molar-refractivity contribution in [2.45, 2.75) is 0 Å². The molecule has 0 spiro atoms. The first-order valence-electron chi connectivity index (χ1n) is 19.1. The van der Waals surface area contributed by atoms with Crippen molar-refractivity contribution in [3.8, 4) is 33.4 Å². The fourth-order valence-corrected chi connectivity index (χ4v) is 4.15. The van der Waals surface area contributed by atoms with Gasteiger partial charge in [-0.1, -0.05) is 109 Å². The van der Waals surface area contributed by atoms with Gasteiger partial charge in [0.1, 0.15) is 6.95 Å². The summed E-state index contributed by atoms with van der Waals surface area (Å²) in [5, 5.41) is -2.25. The maximum absolute atomic E-state index is 9.38. The van der Waals surface area contributed by atoms with Crippen LogP contribution < -0.4 is 0 Å². The molecule has 0 unspecified atom stereocenters. The minimum absolute atomic E-state index is 0.120. The van der Waals surface area contributed by atoms with Crippen molar-refractivity contribution in [3.63, 3.8) is 0 Å². The average molecular weight is 464 g/mol. The highest BCUT2D eigenvalue weighted by Crippen LogP contribution is 2.44. The van der Waals surface area contributed by atoms with Gasteiger partial charge >= 0.3 is 0 Å². The standard InChI is InChI=1S/C34H22O/c1-2-9-23(10-3-1)25-11-8-12-26(21-25)33-28-13-4-6-15-30(28)34(31-16-7-5-14-29(31)33)27-18-17-24-19-20-35-32(24)22-27/h1-22H/i4D,5D,6D,7D,8D,11D,12D,13D,14D,15D,16D,17D,18D,19D,20D,21D,22D. The third-order valence-corrected chi connectivity index (χ3v) is 5.67. The Hall–Kier alpha value is -4.62. The van der Waals surface area contributed by atoms with Crippen LogP contribution in [0.4, 0.5) is 0 Å². The van der Waals surface area contributed by atoms with Gasteiger partial charge in [-0.3, -0.25) is 0 Å². The summed E-state index contributed by atoms with van der Waals surface area (Å²) in [5.74, 6) is 0. The molecule has 0 aliphatic rings. The Bertz CT molecular complexity index is 2670. The van der Waals surface area contributed by atoms with E-state index >= 15 is 0 Å². The maximum Gasteiger partial charge on any atom is 0.134 e. The molecule has 0 atom stereocenters. The van der Waals surface area contributed by atoms with E-state index in [9.17, 15) is 1.37 Å². The summed E-state index contributed by atoms with van der Waals surface area (Å²) in [4.78, 5) is 0. The Labute approximate surface area is 227 Å². The van der Waals surface area contributed by atoms with Crippen molar-refractivity contribution in [3.05, 3.63) is 133 Å². The molecule has 1 nitrogen and oxygen atoms in total. The second-order valence-electron chi connectivity index (χ2n) is 7.65. The largest absolute Gasteiger partial charge is 0.464 e. The zero-order valence-corrected chi connectivity index (χ0v) is 17.8. The van der Waals surface area contributed by atoms with Crippen LogP contribution in [0.5, 0.6) is 0 Å². The van der Waals surface area contributed by atoms with Crippen LogP contribution >= 0.6 is 0 Å². The summed E-state index contributed by atoms with van der Waals surface area (Å²) in [6.07, 6.45) is -0.716. The van der Waals surface area contributed by atoms with E-state index in [-0.39, 0.29) is 10.9 Å². The molecule has 0 N–H and O–H groups in total. The summed E-state index contributed by atoms with van der Waals surface area (Å²) < 4.78 is 155.